The molecule has 1 aliphatic heterocycles. The van der Waals surface area contributed by atoms with Crippen molar-refractivity contribution < 1.29 is 4.52 Å². The highest BCUT2D eigenvalue weighted by Crippen LogP contribution is 2.34. The smallest absolute Gasteiger partial charge is 0.227 e. The molecule has 3 rings (SSSR count). The molecule has 2 heterocycles. The molecule has 1 saturated heterocycles. The molecule has 0 amide bonds. The van der Waals surface area contributed by atoms with E-state index in [0.29, 0.717) is 12.1 Å². The third-order valence-electron chi connectivity index (χ3n) is 4.41. The molecule has 1 aromatic rings. The Morgan fingerprint density at radius 2 is 2.26 bits per heavy atom. The van der Waals surface area contributed by atoms with Crippen molar-refractivity contribution >= 4 is 0 Å². The molecule has 5 nitrogen and oxygen atoms in total. The van der Waals surface area contributed by atoms with E-state index < -0.39 is 0 Å². The molecule has 1 aromatic heterocycles. The van der Waals surface area contributed by atoms with Gasteiger partial charge in [-0.3, -0.25) is 4.90 Å². The molecule has 0 radical (unpaired) electrons. The second kappa shape index (κ2) is 5.59. The monoisotopic (exact) mass is 264 g/mol. The zero-order valence-corrected chi connectivity index (χ0v) is 11.9. The molecule has 5 heteroatoms. The fraction of sp³-hybridized carbons (Fsp3) is 0.857. The van der Waals surface area contributed by atoms with Gasteiger partial charge in [0.2, 0.25) is 5.89 Å². The molecule has 2 aliphatic rings. The molecule has 1 aliphatic carbocycles. The lowest BCUT2D eigenvalue weighted by atomic mass is 10.0. The van der Waals surface area contributed by atoms with Crippen LogP contribution in [0.3, 0.4) is 0 Å². The van der Waals surface area contributed by atoms with Gasteiger partial charge in [0.25, 0.3) is 0 Å². The quantitative estimate of drug-likeness (QED) is 0.871. The standard InChI is InChI=1S/C14H24N4O/c1-3-12-8-15-13(11-4-5-11)9-18(12)7-6-14-16-10(2)17-19-14/h11-13,15H,3-9H2,1-2H3. The second-order valence-electron chi connectivity index (χ2n) is 5.89. The van der Waals surface area contributed by atoms with Gasteiger partial charge in [-0.05, 0) is 32.1 Å². The number of nitrogens with zero attached hydrogens (tertiary/aromatic N) is 3. The lowest BCUT2D eigenvalue weighted by molar-refractivity contribution is 0.117. The van der Waals surface area contributed by atoms with Gasteiger partial charge < -0.3 is 9.84 Å². The minimum Gasteiger partial charge on any atom is -0.339 e. The lowest BCUT2D eigenvalue weighted by Crippen LogP contribution is -2.57. The molecule has 0 aromatic carbocycles. The van der Waals surface area contributed by atoms with Gasteiger partial charge in [0.05, 0.1) is 0 Å². The van der Waals surface area contributed by atoms with Crippen molar-refractivity contribution in [2.45, 2.75) is 51.6 Å². The summed E-state index contributed by atoms with van der Waals surface area (Å²) in [6.45, 7) is 7.48. The Bertz CT molecular complexity index is 415. The molecular formula is C14H24N4O. The predicted octanol–water partition coefficient (Wildman–Crippen LogP) is 1.38. The number of rotatable bonds is 5. The maximum Gasteiger partial charge on any atom is 0.227 e. The summed E-state index contributed by atoms with van der Waals surface area (Å²) >= 11 is 0. The SMILES string of the molecule is CCC1CNC(C2CC2)CN1CCc1nc(C)no1. The highest BCUT2D eigenvalue weighted by Gasteiger charge is 2.36. The molecule has 1 N–H and O–H groups in total. The van der Waals surface area contributed by atoms with Crippen LogP contribution < -0.4 is 5.32 Å². The van der Waals surface area contributed by atoms with Crippen LogP contribution in [0.4, 0.5) is 0 Å². The zero-order valence-electron chi connectivity index (χ0n) is 11.9. The van der Waals surface area contributed by atoms with E-state index in [4.69, 9.17) is 4.52 Å². The van der Waals surface area contributed by atoms with Gasteiger partial charge in [-0.2, -0.15) is 4.98 Å². The normalized spacial score (nSPS) is 28.7. The van der Waals surface area contributed by atoms with E-state index in [1.165, 1.54) is 25.8 Å². The van der Waals surface area contributed by atoms with Gasteiger partial charge in [-0.15, -0.1) is 0 Å². The van der Waals surface area contributed by atoms with Crippen molar-refractivity contribution in [3.05, 3.63) is 11.7 Å². The predicted molar refractivity (Wildman–Crippen MR) is 72.9 cm³/mol. The van der Waals surface area contributed by atoms with E-state index >= 15 is 0 Å². The number of hydrogen-bond acceptors (Lipinski definition) is 5. The van der Waals surface area contributed by atoms with E-state index in [1.54, 1.807) is 0 Å². The minimum atomic E-state index is 0.652. The van der Waals surface area contributed by atoms with Crippen molar-refractivity contribution in [3.8, 4) is 0 Å². The van der Waals surface area contributed by atoms with Gasteiger partial charge >= 0.3 is 0 Å². The Morgan fingerprint density at radius 3 is 2.89 bits per heavy atom. The largest absolute Gasteiger partial charge is 0.339 e. The lowest BCUT2D eigenvalue weighted by Gasteiger charge is -2.40. The van der Waals surface area contributed by atoms with Gasteiger partial charge in [0, 0.05) is 38.1 Å². The zero-order chi connectivity index (χ0) is 13.2. The van der Waals surface area contributed by atoms with Crippen LogP contribution in [0.1, 0.15) is 37.9 Å². The van der Waals surface area contributed by atoms with Crippen LogP contribution in [0.2, 0.25) is 0 Å². The van der Waals surface area contributed by atoms with Crippen molar-refractivity contribution in [2.24, 2.45) is 5.92 Å². The fourth-order valence-corrected chi connectivity index (χ4v) is 3.05. The Kier molecular flexibility index (Phi) is 3.84. The minimum absolute atomic E-state index is 0.652. The van der Waals surface area contributed by atoms with Crippen LogP contribution in [0.5, 0.6) is 0 Å². The first-order chi connectivity index (χ1) is 9.26. The third-order valence-corrected chi connectivity index (χ3v) is 4.41. The summed E-state index contributed by atoms with van der Waals surface area (Å²) in [7, 11) is 0. The van der Waals surface area contributed by atoms with E-state index in [9.17, 15) is 0 Å². The molecule has 2 unspecified atom stereocenters. The van der Waals surface area contributed by atoms with E-state index in [0.717, 1.165) is 37.1 Å². The highest BCUT2D eigenvalue weighted by atomic mass is 16.5. The third kappa shape index (κ3) is 3.15. The molecule has 0 bridgehead atoms. The molecular weight excluding hydrogens is 240 g/mol. The first-order valence-electron chi connectivity index (χ1n) is 7.53. The summed E-state index contributed by atoms with van der Waals surface area (Å²) < 4.78 is 5.21. The number of hydrogen-bond donors (Lipinski definition) is 1. The number of piperazine rings is 1. The molecule has 1 saturated carbocycles. The van der Waals surface area contributed by atoms with Crippen LogP contribution in [0.15, 0.2) is 4.52 Å². The summed E-state index contributed by atoms with van der Waals surface area (Å²) in [6.07, 6.45) is 4.89. The van der Waals surface area contributed by atoms with E-state index in [1.807, 2.05) is 6.92 Å². The Balaban J connectivity index is 1.56. The van der Waals surface area contributed by atoms with Crippen molar-refractivity contribution in [1.29, 1.82) is 0 Å². The van der Waals surface area contributed by atoms with Crippen LogP contribution in [0.25, 0.3) is 0 Å². The number of aromatic nitrogens is 2. The fourth-order valence-electron chi connectivity index (χ4n) is 3.05. The summed E-state index contributed by atoms with van der Waals surface area (Å²) in [5, 5.41) is 7.58. The topological polar surface area (TPSA) is 54.2 Å². The van der Waals surface area contributed by atoms with Crippen LogP contribution in [-0.2, 0) is 6.42 Å². The molecule has 2 fully saturated rings. The van der Waals surface area contributed by atoms with Crippen molar-refractivity contribution in [2.75, 3.05) is 19.6 Å². The van der Waals surface area contributed by atoms with Gasteiger partial charge in [-0.1, -0.05) is 12.1 Å². The van der Waals surface area contributed by atoms with Gasteiger partial charge in [-0.25, -0.2) is 0 Å². The van der Waals surface area contributed by atoms with Crippen LogP contribution in [-0.4, -0.2) is 46.8 Å². The highest BCUT2D eigenvalue weighted by molar-refractivity contribution is 4.95. The maximum absolute atomic E-state index is 5.21. The first kappa shape index (κ1) is 13.1. The average molecular weight is 264 g/mol. The maximum atomic E-state index is 5.21. The first-order valence-corrected chi connectivity index (χ1v) is 7.53. The van der Waals surface area contributed by atoms with Crippen molar-refractivity contribution in [3.63, 3.8) is 0 Å². The Hall–Kier alpha value is -0.940. The summed E-state index contributed by atoms with van der Waals surface area (Å²) in [5.41, 5.74) is 0. The summed E-state index contributed by atoms with van der Waals surface area (Å²) in [6, 6.07) is 1.35. The molecule has 19 heavy (non-hydrogen) atoms. The summed E-state index contributed by atoms with van der Waals surface area (Å²) in [5.74, 6) is 2.43. The average Bonchev–Trinajstić information content (AvgIpc) is 3.19. The van der Waals surface area contributed by atoms with E-state index in [2.05, 4.69) is 27.3 Å². The second-order valence-corrected chi connectivity index (χ2v) is 5.89. The number of aryl methyl sites for hydroxylation is 1. The van der Waals surface area contributed by atoms with Gasteiger partial charge in [0.15, 0.2) is 5.82 Å². The van der Waals surface area contributed by atoms with Crippen LogP contribution >= 0.6 is 0 Å². The summed E-state index contributed by atoms with van der Waals surface area (Å²) in [4.78, 5) is 6.90. The Morgan fingerprint density at radius 1 is 1.42 bits per heavy atom. The molecule has 2 atom stereocenters. The molecule has 106 valence electrons. The van der Waals surface area contributed by atoms with E-state index in [-0.39, 0.29) is 0 Å². The number of nitrogens with one attached hydrogen (secondary N) is 1. The molecule has 0 spiro atoms. The Labute approximate surface area is 114 Å². The van der Waals surface area contributed by atoms with Gasteiger partial charge in [0.1, 0.15) is 0 Å². The van der Waals surface area contributed by atoms with Crippen molar-refractivity contribution in [1.82, 2.24) is 20.4 Å². The van der Waals surface area contributed by atoms with Crippen LogP contribution in [0, 0.1) is 12.8 Å².